The molecule has 1 rings (SSSR count). The standard InChI is InChI=1S/C12H22N2O2S/c1-8-4-6-12(7-5-8,11(13)17)14-10(15)9(2)16-3/h8-9H,4-7H2,1-3H3,(H2,13,17)(H,14,15). The molecule has 98 valence electrons. The zero-order chi connectivity index (χ0) is 13.1. The van der Waals surface area contributed by atoms with Gasteiger partial charge in [0.2, 0.25) is 5.91 Å². The molecule has 5 heteroatoms. The van der Waals surface area contributed by atoms with Crippen molar-refractivity contribution in [3.8, 4) is 0 Å². The molecule has 1 aliphatic rings. The van der Waals surface area contributed by atoms with Crippen molar-refractivity contribution in [2.75, 3.05) is 7.11 Å². The summed E-state index contributed by atoms with van der Waals surface area (Å²) in [4.78, 5) is 12.3. The number of nitrogens with one attached hydrogen (secondary N) is 1. The molecule has 17 heavy (non-hydrogen) atoms. The van der Waals surface area contributed by atoms with Crippen LogP contribution in [0.15, 0.2) is 0 Å². The maximum absolute atomic E-state index is 11.9. The second kappa shape index (κ2) is 5.78. The van der Waals surface area contributed by atoms with E-state index in [9.17, 15) is 4.79 Å². The number of hydrogen-bond acceptors (Lipinski definition) is 3. The number of ether oxygens (including phenoxy) is 1. The first-order chi connectivity index (χ1) is 7.91. The average Bonchev–Trinajstić information content (AvgIpc) is 2.30. The van der Waals surface area contributed by atoms with E-state index in [2.05, 4.69) is 12.2 Å². The third kappa shape index (κ3) is 3.39. The van der Waals surface area contributed by atoms with Crippen LogP contribution in [0.4, 0.5) is 0 Å². The van der Waals surface area contributed by atoms with Crippen LogP contribution in [0.1, 0.15) is 39.5 Å². The lowest BCUT2D eigenvalue weighted by molar-refractivity contribution is -0.131. The van der Waals surface area contributed by atoms with Gasteiger partial charge >= 0.3 is 0 Å². The fourth-order valence-corrected chi connectivity index (χ4v) is 2.39. The molecule has 1 aliphatic carbocycles. The Kier molecular flexibility index (Phi) is 4.89. The lowest BCUT2D eigenvalue weighted by Crippen LogP contribution is -2.60. The van der Waals surface area contributed by atoms with E-state index in [-0.39, 0.29) is 5.91 Å². The second-order valence-corrected chi connectivity index (χ2v) is 5.44. The summed E-state index contributed by atoms with van der Waals surface area (Å²) in [6.45, 7) is 3.93. The highest BCUT2D eigenvalue weighted by Crippen LogP contribution is 2.32. The largest absolute Gasteiger partial charge is 0.391 e. The Morgan fingerprint density at radius 3 is 2.47 bits per heavy atom. The Hall–Kier alpha value is -0.680. The summed E-state index contributed by atoms with van der Waals surface area (Å²) in [5.74, 6) is 0.532. The predicted octanol–water partition coefficient (Wildman–Crippen LogP) is 1.37. The highest BCUT2D eigenvalue weighted by Gasteiger charge is 2.39. The van der Waals surface area contributed by atoms with E-state index in [0.29, 0.717) is 10.9 Å². The van der Waals surface area contributed by atoms with E-state index >= 15 is 0 Å². The van der Waals surface area contributed by atoms with Crippen LogP contribution in [0.25, 0.3) is 0 Å². The lowest BCUT2D eigenvalue weighted by atomic mass is 9.77. The maximum Gasteiger partial charge on any atom is 0.249 e. The second-order valence-electron chi connectivity index (χ2n) is 5.00. The van der Waals surface area contributed by atoms with Crippen LogP contribution < -0.4 is 11.1 Å². The molecule has 4 nitrogen and oxygen atoms in total. The van der Waals surface area contributed by atoms with Crippen LogP contribution in [-0.4, -0.2) is 29.6 Å². The van der Waals surface area contributed by atoms with Gasteiger partial charge in [0, 0.05) is 7.11 Å². The van der Waals surface area contributed by atoms with Crippen molar-refractivity contribution in [1.82, 2.24) is 5.32 Å². The first-order valence-corrected chi connectivity index (χ1v) is 6.47. The molecule has 1 amide bonds. The molecular weight excluding hydrogens is 236 g/mol. The number of carbonyl (C=O) groups excluding carboxylic acids is 1. The summed E-state index contributed by atoms with van der Waals surface area (Å²) >= 11 is 5.13. The molecule has 0 saturated heterocycles. The smallest absolute Gasteiger partial charge is 0.249 e. The molecule has 1 saturated carbocycles. The van der Waals surface area contributed by atoms with Gasteiger partial charge in [-0.25, -0.2) is 0 Å². The summed E-state index contributed by atoms with van der Waals surface area (Å²) in [5, 5.41) is 2.97. The number of rotatable bonds is 4. The molecule has 1 unspecified atom stereocenters. The Labute approximate surface area is 108 Å². The van der Waals surface area contributed by atoms with E-state index in [0.717, 1.165) is 25.7 Å². The van der Waals surface area contributed by atoms with Crippen molar-refractivity contribution in [2.45, 2.75) is 51.2 Å². The van der Waals surface area contributed by atoms with E-state index in [1.54, 1.807) is 6.92 Å². The van der Waals surface area contributed by atoms with Crippen LogP contribution in [0.2, 0.25) is 0 Å². The average molecular weight is 258 g/mol. The van der Waals surface area contributed by atoms with Crippen LogP contribution in [0.5, 0.6) is 0 Å². The first kappa shape index (κ1) is 14.4. The first-order valence-electron chi connectivity index (χ1n) is 6.06. The van der Waals surface area contributed by atoms with Crippen molar-refractivity contribution >= 4 is 23.1 Å². The minimum absolute atomic E-state index is 0.144. The van der Waals surface area contributed by atoms with Crippen LogP contribution in [-0.2, 0) is 9.53 Å². The van der Waals surface area contributed by atoms with Crippen molar-refractivity contribution in [2.24, 2.45) is 11.7 Å². The molecule has 1 fully saturated rings. The molecule has 0 aromatic carbocycles. The van der Waals surface area contributed by atoms with Gasteiger partial charge in [-0.05, 0) is 38.5 Å². The molecule has 0 spiro atoms. The van der Waals surface area contributed by atoms with Gasteiger partial charge in [-0.1, -0.05) is 19.1 Å². The molecular formula is C12H22N2O2S. The third-order valence-electron chi connectivity index (χ3n) is 3.68. The summed E-state index contributed by atoms with van der Waals surface area (Å²) in [5.41, 5.74) is 5.31. The molecule has 0 aromatic rings. The van der Waals surface area contributed by atoms with Gasteiger partial charge in [-0.2, -0.15) is 0 Å². The summed E-state index contributed by atoms with van der Waals surface area (Å²) < 4.78 is 5.00. The van der Waals surface area contributed by atoms with Crippen molar-refractivity contribution in [1.29, 1.82) is 0 Å². The molecule has 1 atom stereocenters. The number of hydrogen-bond donors (Lipinski definition) is 2. The van der Waals surface area contributed by atoms with E-state index in [4.69, 9.17) is 22.7 Å². The van der Waals surface area contributed by atoms with E-state index < -0.39 is 11.6 Å². The van der Waals surface area contributed by atoms with Crippen molar-refractivity contribution < 1.29 is 9.53 Å². The quantitative estimate of drug-likeness (QED) is 0.748. The molecule has 0 bridgehead atoms. The van der Waals surface area contributed by atoms with Crippen LogP contribution in [0.3, 0.4) is 0 Å². The zero-order valence-electron chi connectivity index (χ0n) is 10.8. The number of thiocarbonyl (C=S) groups is 1. The number of methoxy groups -OCH3 is 1. The van der Waals surface area contributed by atoms with Crippen molar-refractivity contribution in [3.05, 3.63) is 0 Å². The molecule has 0 radical (unpaired) electrons. The number of nitrogens with two attached hydrogens (primary N) is 1. The fourth-order valence-electron chi connectivity index (χ4n) is 2.13. The SMILES string of the molecule is COC(C)C(=O)NC1(C(N)=S)CCC(C)CC1. The molecule has 0 aliphatic heterocycles. The van der Waals surface area contributed by atoms with Gasteiger partial charge in [0.1, 0.15) is 6.10 Å². The highest BCUT2D eigenvalue weighted by molar-refractivity contribution is 7.80. The fraction of sp³-hybridized carbons (Fsp3) is 0.833. The normalized spacial score (nSPS) is 30.6. The van der Waals surface area contributed by atoms with Gasteiger partial charge in [0.25, 0.3) is 0 Å². The minimum Gasteiger partial charge on any atom is -0.391 e. The topological polar surface area (TPSA) is 64.3 Å². The summed E-state index contributed by atoms with van der Waals surface area (Å²) in [6, 6.07) is 0. The summed E-state index contributed by atoms with van der Waals surface area (Å²) in [7, 11) is 1.51. The van der Waals surface area contributed by atoms with Gasteiger partial charge in [0.05, 0.1) is 10.5 Å². The lowest BCUT2D eigenvalue weighted by Gasteiger charge is -2.39. The Morgan fingerprint density at radius 1 is 1.53 bits per heavy atom. The predicted molar refractivity (Wildman–Crippen MR) is 71.8 cm³/mol. The number of carbonyl (C=O) groups is 1. The minimum atomic E-state index is -0.508. The Balaban J connectivity index is 2.73. The van der Waals surface area contributed by atoms with E-state index in [1.165, 1.54) is 7.11 Å². The Morgan fingerprint density at radius 2 is 2.06 bits per heavy atom. The number of amides is 1. The van der Waals surface area contributed by atoms with Crippen LogP contribution in [0, 0.1) is 5.92 Å². The zero-order valence-corrected chi connectivity index (χ0v) is 11.6. The molecule has 0 aromatic heterocycles. The van der Waals surface area contributed by atoms with Gasteiger partial charge < -0.3 is 15.8 Å². The molecule has 0 heterocycles. The van der Waals surface area contributed by atoms with Crippen molar-refractivity contribution in [3.63, 3.8) is 0 Å². The monoisotopic (exact) mass is 258 g/mol. The summed E-state index contributed by atoms with van der Waals surface area (Å²) in [6.07, 6.45) is 3.26. The van der Waals surface area contributed by atoms with Crippen LogP contribution >= 0.6 is 12.2 Å². The van der Waals surface area contributed by atoms with Gasteiger partial charge in [-0.15, -0.1) is 0 Å². The third-order valence-corrected chi connectivity index (χ3v) is 4.08. The van der Waals surface area contributed by atoms with Gasteiger partial charge in [-0.3, -0.25) is 4.79 Å². The van der Waals surface area contributed by atoms with E-state index in [1.807, 2.05) is 0 Å². The highest BCUT2D eigenvalue weighted by atomic mass is 32.1. The Bertz CT molecular complexity index is 299. The maximum atomic E-state index is 11.9. The van der Waals surface area contributed by atoms with Gasteiger partial charge in [0.15, 0.2) is 0 Å². The molecule has 3 N–H and O–H groups in total.